The number of carbonyl (C=O) groups is 1. The lowest BCUT2D eigenvalue weighted by atomic mass is 10.1. The van der Waals surface area contributed by atoms with Crippen molar-refractivity contribution in [1.82, 2.24) is 9.21 Å². The molecular weight excluding hydrogens is 462 g/mol. The highest BCUT2D eigenvalue weighted by Crippen LogP contribution is 2.32. The van der Waals surface area contributed by atoms with E-state index in [1.807, 2.05) is 31.2 Å². The summed E-state index contributed by atoms with van der Waals surface area (Å²) < 4.78 is 33.8. The number of hydrogen-bond donors (Lipinski definition) is 0. The smallest absolute Gasteiger partial charge is 0.254 e. The topological polar surface area (TPSA) is 70.2 Å². The third-order valence-electron chi connectivity index (χ3n) is 6.48. The fraction of sp³-hybridized carbons (Fsp3) is 0.458. The Kier molecular flexibility index (Phi) is 7.16. The van der Waals surface area contributed by atoms with Crippen LogP contribution in [0.4, 0.5) is 5.69 Å². The number of ether oxygens (including phenoxy) is 1. The lowest BCUT2D eigenvalue weighted by Gasteiger charge is -2.36. The van der Waals surface area contributed by atoms with E-state index in [1.165, 1.54) is 17.5 Å². The SMILES string of the molecule is COc1ccc(C(=O)N2CCN(c3cccc(Cl)c3)CC2)cc1S(=O)(=O)N1CCCCC1C. The van der Waals surface area contributed by atoms with Gasteiger partial charge < -0.3 is 14.5 Å². The van der Waals surface area contributed by atoms with E-state index in [4.69, 9.17) is 16.3 Å². The number of methoxy groups -OCH3 is 1. The van der Waals surface area contributed by atoms with Crippen LogP contribution in [-0.2, 0) is 10.0 Å². The number of piperazine rings is 1. The molecule has 4 rings (SSSR count). The highest BCUT2D eigenvalue weighted by atomic mass is 35.5. The van der Waals surface area contributed by atoms with Gasteiger partial charge in [-0.3, -0.25) is 4.79 Å². The van der Waals surface area contributed by atoms with E-state index in [2.05, 4.69) is 4.90 Å². The maximum atomic E-state index is 13.5. The predicted octanol–water partition coefficient (Wildman–Crippen LogP) is 3.87. The predicted molar refractivity (Wildman–Crippen MR) is 130 cm³/mol. The molecule has 0 bridgehead atoms. The number of amides is 1. The molecule has 178 valence electrons. The Morgan fingerprint density at radius 3 is 2.45 bits per heavy atom. The van der Waals surface area contributed by atoms with Gasteiger partial charge in [-0.2, -0.15) is 4.31 Å². The summed E-state index contributed by atoms with van der Waals surface area (Å²) in [6, 6.07) is 12.3. The maximum absolute atomic E-state index is 13.5. The Balaban J connectivity index is 1.53. The molecule has 2 fully saturated rings. The summed E-state index contributed by atoms with van der Waals surface area (Å²) in [7, 11) is -2.32. The van der Waals surface area contributed by atoms with Gasteiger partial charge in [0.2, 0.25) is 10.0 Å². The molecule has 0 spiro atoms. The van der Waals surface area contributed by atoms with Gasteiger partial charge in [-0.15, -0.1) is 0 Å². The highest BCUT2D eigenvalue weighted by molar-refractivity contribution is 7.89. The molecule has 2 aromatic rings. The van der Waals surface area contributed by atoms with Crippen molar-refractivity contribution in [3.63, 3.8) is 0 Å². The van der Waals surface area contributed by atoms with Crippen LogP contribution in [0.5, 0.6) is 5.75 Å². The zero-order valence-electron chi connectivity index (χ0n) is 19.0. The minimum atomic E-state index is -3.77. The summed E-state index contributed by atoms with van der Waals surface area (Å²) in [5, 5.41) is 0.681. The zero-order valence-corrected chi connectivity index (χ0v) is 20.6. The second-order valence-electron chi connectivity index (χ2n) is 8.59. The van der Waals surface area contributed by atoms with Crippen molar-refractivity contribution >= 4 is 33.2 Å². The molecule has 2 saturated heterocycles. The number of anilines is 1. The molecule has 0 radical (unpaired) electrons. The lowest BCUT2D eigenvalue weighted by molar-refractivity contribution is 0.0746. The second-order valence-corrected chi connectivity index (χ2v) is 10.9. The molecule has 0 aliphatic carbocycles. The van der Waals surface area contributed by atoms with Crippen LogP contribution in [-0.4, -0.2) is 69.4 Å². The molecule has 33 heavy (non-hydrogen) atoms. The standard InChI is InChI=1S/C24H30ClN3O4S/c1-18-6-3-4-11-28(18)33(30,31)23-16-19(9-10-22(23)32-2)24(29)27-14-12-26(13-15-27)21-8-5-7-20(25)17-21/h5,7-10,16-18H,3-4,6,11-15H2,1-2H3. The van der Waals surface area contributed by atoms with Crippen LogP contribution < -0.4 is 9.64 Å². The molecule has 2 aromatic carbocycles. The van der Waals surface area contributed by atoms with Crippen LogP contribution in [0.2, 0.25) is 5.02 Å². The third kappa shape index (κ3) is 4.98. The average molecular weight is 492 g/mol. The molecule has 1 unspecified atom stereocenters. The summed E-state index contributed by atoms with van der Waals surface area (Å²) in [4.78, 5) is 17.3. The molecule has 0 N–H and O–H groups in total. The molecule has 2 heterocycles. The number of rotatable bonds is 5. The molecule has 0 aromatic heterocycles. The van der Waals surface area contributed by atoms with Gasteiger partial charge in [0.05, 0.1) is 7.11 Å². The Morgan fingerprint density at radius 2 is 1.79 bits per heavy atom. The summed E-state index contributed by atoms with van der Waals surface area (Å²) in [5.41, 5.74) is 1.39. The fourth-order valence-electron chi connectivity index (χ4n) is 4.59. The number of halogens is 1. The molecule has 0 saturated carbocycles. The monoisotopic (exact) mass is 491 g/mol. The Morgan fingerprint density at radius 1 is 1.03 bits per heavy atom. The van der Waals surface area contributed by atoms with Gasteiger partial charge in [0.15, 0.2) is 0 Å². The van der Waals surface area contributed by atoms with Crippen LogP contribution in [0.15, 0.2) is 47.4 Å². The summed E-state index contributed by atoms with van der Waals surface area (Å²) >= 11 is 6.11. The molecule has 9 heteroatoms. The number of carbonyl (C=O) groups excluding carboxylic acids is 1. The maximum Gasteiger partial charge on any atom is 0.254 e. The molecule has 1 amide bonds. The van der Waals surface area contributed by atoms with Gasteiger partial charge in [0.25, 0.3) is 5.91 Å². The van der Waals surface area contributed by atoms with Crippen molar-refractivity contribution in [1.29, 1.82) is 0 Å². The first-order valence-corrected chi connectivity index (χ1v) is 13.1. The first kappa shape index (κ1) is 23.9. The molecule has 7 nitrogen and oxygen atoms in total. The van der Waals surface area contributed by atoms with Crippen LogP contribution in [0.3, 0.4) is 0 Å². The normalized spacial score (nSPS) is 20.0. The highest BCUT2D eigenvalue weighted by Gasteiger charge is 2.34. The van der Waals surface area contributed by atoms with Gasteiger partial charge in [0, 0.05) is 55.0 Å². The van der Waals surface area contributed by atoms with Crippen molar-refractivity contribution in [2.45, 2.75) is 37.1 Å². The Labute approximate surface area is 200 Å². The van der Waals surface area contributed by atoms with Gasteiger partial charge in [-0.05, 0) is 56.2 Å². The molecule has 1 atom stereocenters. The van der Waals surface area contributed by atoms with Crippen molar-refractivity contribution < 1.29 is 17.9 Å². The Hall–Kier alpha value is -2.29. The zero-order chi connectivity index (χ0) is 23.6. The molecule has 2 aliphatic rings. The van der Waals surface area contributed by atoms with Crippen molar-refractivity contribution in [2.75, 3.05) is 44.7 Å². The van der Waals surface area contributed by atoms with Crippen LogP contribution in [0.25, 0.3) is 0 Å². The van der Waals surface area contributed by atoms with Gasteiger partial charge in [-0.1, -0.05) is 24.1 Å². The van der Waals surface area contributed by atoms with Crippen LogP contribution in [0, 0.1) is 0 Å². The first-order chi connectivity index (χ1) is 15.8. The largest absolute Gasteiger partial charge is 0.495 e. The van der Waals surface area contributed by atoms with E-state index in [9.17, 15) is 13.2 Å². The van der Waals surface area contributed by atoms with E-state index in [-0.39, 0.29) is 22.6 Å². The third-order valence-corrected chi connectivity index (χ3v) is 8.75. The summed E-state index contributed by atoms with van der Waals surface area (Å²) in [5.74, 6) is 0.0849. The molecular formula is C24H30ClN3O4S. The van der Waals surface area contributed by atoms with Crippen molar-refractivity contribution in [2.24, 2.45) is 0 Å². The first-order valence-electron chi connectivity index (χ1n) is 11.3. The quantitative estimate of drug-likeness (QED) is 0.635. The minimum Gasteiger partial charge on any atom is -0.495 e. The van der Waals surface area contributed by atoms with Crippen LogP contribution in [0.1, 0.15) is 36.5 Å². The van der Waals surface area contributed by atoms with Crippen molar-refractivity contribution in [3.8, 4) is 5.75 Å². The van der Waals surface area contributed by atoms with Crippen molar-refractivity contribution in [3.05, 3.63) is 53.1 Å². The van der Waals surface area contributed by atoms with Gasteiger partial charge in [-0.25, -0.2) is 8.42 Å². The van der Waals surface area contributed by atoms with Gasteiger partial charge in [0.1, 0.15) is 10.6 Å². The molecule has 2 aliphatic heterocycles. The lowest BCUT2D eigenvalue weighted by Crippen LogP contribution is -2.48. The number of piperidine rings is 1. The van der Waals surface area contributed by atoms with E-state index in [0.29, 0.717) is 43.3 Å². The second kappa shape index (κ2) is 9.91. The fourth-order valence-corrected chi connectivity index (χ4v) is 6.66. The number of hydrogen-bond acceptors (Lipinski definition) is 5. The summed E-state index contributed by atoms with van der Waals surface area (Å²) in [6.07, 6.45) is 2.68. The average Bonchev–Trinajstić information content (AvgIpc) is 2.83. The van der Waals surface area contributed by atoms with E-state index >= 15 is 0 Å². The number of sulfonamides is 1. The van der Waals surface area contributed by atoms with E-state index in [0.717, 1.165) is 24.9 Å². The van der Waals surface area contributed by atoms with Gasteiger partial charge >= 0.3 is 0 Å². The van der Waals surface area contributed by atoms with Crippen LogP contribution >= 0.6 is 11.6 Å². The number of benzene rings is 2. The summed E-state index contributed by atoms with van der Waals surface area (Å²) in [6.45, 7) is 4.86. The van der Waals surface area contributed by atoms with E-state index < -0.39 is 10.0 Å². The number of nitrogens with zero attached hydrogens (tertiary/aromatic N) is 3. The minimum absolute atomic E-state index is 0.0576. The Bertz CT molecular complexity index is 1120. The van der Waals surface area contributed by atoms with E-state index in [1.54, 1.807) is 17.0 Å².